The molecule has 5 heteroatoms. The number of hydrogen-bond acceptors (Lipinski definition) is 4. The molecular formula is C19H21NO4. The number of hydrogen-bond donors (Lipinski definition) is 3. The Hall–Kier alpha value is -2.24. The lowest BCUT2D eigenvalue weighted by atomic mass is 9.95. The Bertz CT molecular complexity index is 712. The first kappa shape index (κ1) is 16.6. The van der Waals surface area contributed by atoms with Crippen LogP contribution in [0.1, 0.15) is 52.8 Å². The standard InChI is InChI=1S/C12H7NO2.C7H14O2/c14-11-8-5-1-3-7-4-2-6-9(10(7)8)12(15)13-11;8-6-4-2-1-3-5-7(6)9/h1-6H,(H,13,14,15);6-9H,1-5H2/t;6-,7-/m.1/s1. The summed E-state index contributed by atoms with van der Waals surface area (Å²) in [4.78, 5) is 23.1. The number of benzene rings is 2. The molecule has 4 rings (SSSR count). The zero-order valence-electron chi connectivity index (χ0n) is 13.4. The molecule has 1 aliphatic carbocycles. The molecule has 1 heterocycles. The fourth-order valence-electron chi connectivity index (χ4n) is 3.23. The number of aliphatic hydroxyl groups excluding tert-OH is 2. The van der Waals surface area contributed by atoms with Gasteiger partial charge >= 0.3 is 0 Å². The van der Waals surface area contributed by atoms with Gasteiger partial charge in [0.05, 0.1) is 12.2 Å². The van der Waals surface area contributed by atoms with Gasteiger partial charge in [0.25, 0.3) is 11.8 Å². The summed E-state index contributed by atoms with van der Waals surface area (Å²) in [5.41, 5.74) is 1.14. The van der Waals surface area contributed by atoms with E-state index in [2.05, 4.69) is 5.32 Å². The van der Waals surface area contributed by atoms with Gasteiger partial charge in [-0.25, -0.2) is 0 Å². The summed E-state index contributed by atoms with van der Waals surface area (Å²) >= 11 is 0. The first-order valence-electron chi connectivity index (χ1n) is 8.31. The summed E-state index contributed by atoms with van der Waals surface area (Å²) in [6.45, 7) is 0. The van der Waals surface area contributed by atoms with Gasteiger partial charge < -0.3 is 10.2 Å². The summed E-state index contributed by atoms with van der Waals surface area (Å²) in [6.07, 6.45) is 3.95. The van der Waals surface area contributed by atoms with Crippen LogP contribution in [-0.2, 0) is 0 Å². The Morgan fingerprint density at radius 2 is 1.29 bits per heavy atom. The van der Waals surface area contributed by atoms with Gasteiger partial charge in [0, 0.05) is 16.5 Å². The van der Waals surface area contributed by atoms with Crippen LogP contribution in [0.15, 0.2) is 36.4 Å². The Balaban J connectivity index is 0.000000162. The molecule has 0 saturated heterocycles. The highest BCUT2D eigenvalue weighted by Gasteiger charge is 2.23. The highest BCUT2D eigenvalue weighted by Crippen LogP contribution is 2.25. The van der Waals surface area contributed by atoms with Gasteiger partial charge in [-0.2, -0.15) is 0 Å². The second-order valence-electron chi connectivity index (χ2n) is 6.27. The maximum Gasteiger partial charge on any atom is 0.258 e. The lowest BCUT2D eigenvalue weighted by molar-refractivity contribution is 0.0157. The minimum atomic E-state index is -0.451. The predicted octanol–water partition coefficient (Wildman–Crippen LogP) is 2.40. The molecule has 5 nitrogen and oxygen atoms in total. The molecule has 0 spiro atoms. The largest absolute Gasteiger partial charge is 0.390 e. The second-order valence-corrected chi connectivity index (χ2v) is 6.27. The fourth-order valence-corrected chi connectivity index (χ4v) is 3.23. The summed E-state index contributed by atoms with van der Waals surface area (Å²) in [6, 6.07) is 10.9. The molecule has 0 radical (unpaired) electrons. The molecule has 2 amide bonds. The molecular weight excluding hydrogens is 306 g/mol. The van der Waals surface area contributed by atoms with Crippen molar-refractivity contribution in [1.29, 1.82) is 0 Å². The van der Waals surface area contributed by atoms with Crippen molar-refractivity contribution in [2.75, 3.05) is 0 Å². The van der Waals surface area contributed by atoms with Crippen molar-refractivity contribution in [1.82, 2.24) is 5.32 Å². The van der Waals surface area contributed by atoms with E-state index in [-0.39, 0.29) is 11.8 Å². The van der Waals surface area contributed by atoms with Crippen molar-refractivity contribution in [3.8, 4) is 0 Å². The normalized spacial score (nSPS) is 23.1. The van der Waals surface area contributed by atoms with Crippen LogP contribution in [0.4, 0.5) is 0 Å². The van der Waals surface area contributed by atoms with E-state index in [4.69, 9.17) is 10.2 Å². The third kappa shape index (κ3) is 3.32. The highest BCUT2D eigenvalue weighted by atomic mass is 16.3. The van der Waals surface area contributed by atoms with Crippen LogP contribution in [0.2, 0.25) is 0 Å². The number of amides is 2. The van der Waals surface area contributed by atoms with Crippen LogP contribution < -0.4 is 5.32 Å². The van der Waals surface area contributed by atoms with Crippen molar-refractivity contribution in [2.24, 2.45) is 0 Å². The minimum Gasteiger partial charge on any atom is -0.390 e. The lowest BCUT2D eigenvalue weighted by Crippen LogP contribution is -2.34. The molecule has 126 valence electrons. The summed E-state index contributed by atoms with van der Waals surface area (Å²) in [5, 5.41) is 22.2. The van der Waals surface area contributed by atoms with Gasteiger partial charge in [-0.15, -0.1) is 0 Å². The zero-order chi connectivity index (χ0) is 17.1. The molecule has 0 aromatic heterocycles. The molecule has 1 aliphatic heterocycles. The van der Waals surface area contributed by atoms with Crippen molar-refractivity contribution in [2.45, 2.75) is 44.3 Å². The molecule has 0 bridgehead atoms. The zero-order valence-corrected chi connectivity index (χ0v) is 13.4. The summed E-state index contributed by atoms with van der Waals surface area (Å²) in [7, 11) is 0. The van der Waals surface area contributed by atoms with E-state index in [1.54, 1.807) is 12.1 Å². The Labute approximate surface area is 140 Å². The highest BCUT2D eigenvalue weighted by molar-refractivity contribution is 6.25. The average Bonchev–Trinajstić information content (AvgIpc) is 2.77. The average molecular weight is 327 g/mol. The molecule has 2 atom stereocenters. The van der Waals surface area contributed by atoms with Crippen LogP contribution in [0.25, 0.3) is 10.8 Å². The van der Waals surface area contributed by atoms with E-state index in [9.17, 15) is 9.59 Å². The first-order valence-corrected chi connectivity index (χ1v) is 8.31. The minimum absolute atomic E-state index is 0.315. The van der Waals surface area contributed by atoms with Crippen LogP contribution >= 0.6 is 0 Å². The van der Waals surface area contributed by atoms with E-state index in [0.29, 0.717) is 11.1 Å². The van der Waals surface area contributed by atoms with E-state index in [1.165, 1.54) is 0 Å². The van der Waals surface area contributed by atoms with Crippen molar-refractivity contribution in [3.63, 3.8) is 0 Å². The maximum atomic E-state index is 11.6. The van der Waals surface area contributed by atoms with Crippen LogP contribution in [0, 0.1) is 0 Å². The van der Waals surface area contributed by atoms with Gasteiger partial charge in [0.2, 0.25) is 0 Å². The number of carbonyl (C=O) groups is 2. The summed E-state index contributed by atoms with van der Waals surface area (Å²) < 4.78 is 0. The Morgan fingerprint density at radius 3 is 1.79 bits per heavy atom. The Morgan fingerprint density at radius 1 is 0.792 bits per heavy atom. The van der Waals surface area contributed by atoms with E-state index >= 15 is 0 Å². The van der Waals surface area contributed by atoms with Crippen LogP contribution in [0.3, 0.4) is 0 Å². The topological polar surface area (TPSA) is 86.6 Å². The molecule has 1 fully saturated rings. The number of nitrogens with one attached hydrogen (secondary N) is 1. The van der Waals surface area contributed by atoms with Gasteiger partial charge in [-0.1, -0.05) is 43.5 Å². The van der Waals surface area contributed by atoms with Crippen molar-refractivity contribution < 1.29 is 19.8 Å². The summed E-state index contributed by atoms with van der Waals surface area (Å²) in [5.74, 6) is -0.631. The van der Waals surface area contributed by atoms with Crippen molar-refractivity contribution in [3.05, 3.63) is 47.5 Å². The van der Waals surface area contributed by atoms with E-state index < -0.39 is 12.2 Å². The molecule has 3 N–H and O–H groups in total. The number of rotatable bonds is 0. The SMILES string of the molecule is O=C1NC(=O)c2cccc3cccc1c23.O[C@@H]1CCCCC[C@H]1O. The van der Waals surface area contributed by atoms with Crippen molar-refractivity contribution >= 4 is 22.6 Å². The van der Waals surface area contributed by atoms with Gasteiger partial charge in [-0.3, -0.25) is 14.9 Å². The molecule has 24 heavy (non-hydrogen) atoms. The molecule has 0 unspecified atom stereocenters. The molecule has 2 aromatic carbocycles. The van der Waals surface area contributed by atoms with E-state index in [1.807, 2.05) is 24.3 Å². The van der Waals surface area contributed by atoms with Crippen LogP contribution in [0.5, 0.6) is 0 Å². The fraction of sp³-hybridized carbons (Fsp3) is 0.368. The third-order valence-electron chi connectivity index (χ3n) is 4.56. The molecule has 2 aliphatic rings. The van der Waals surface area contributed by atoms with Gasteiger partial charge in [0.15, 0.2) is 0 Å². The number of imide groups is 1. The maximum absolute atomic E-state index is 11.6. The first-order chi connectivity index (χ1) is 11.6. The Kier molecular flexibility index (Phi) is 4.92. The smallest absolute Gasteiger partial charge is 0.258 e. The van der Waals surface area contributed by atoms with E-state index in [0.717, 1.165) is 42.9 Å². The third-order valence-corrected chi connectivity index (χ3v) is 4.56. The monoisotopic (exact) mass is 327 g/mol. The number of aliphatic hydroxyl groups is 2. The number of carbonyl (C=O) groups excluding carboxylic acids is 2. The lowest BCUT2D eigenvalue weighted by Gasteiger charge is -2.15. The van der Waals surface area contributed by atoms with Gasteiger partial charge in [0.1, 0.15) is 0 Å². The quantitative estimate of drug-likeness (QED) is 0.512. The predicted molar refractivity (Wildman–Crippen MR) is 90.8 cm³/mol. The van der Waals surface area contributed by atoms with Crippen LogP contribution in [-0.4, -0.2) is 34.2 Å². The molecule has 2 aromatic rings. The van der Waals surface area contributed by atoms with Gasteiger partial charge in [-0.05, 0) is 30.4 Å². The molecule has 1 saturated carbocycles. The second kappa shape index (κ2) is 7.11.